The minimum Gasteiger partial charge on any atom is -0.308 e. The van der Waals surface area contributed by atoms with E-state index < -0.39 is 8.07 Å². The van der Waals surface area contributed by atoms with Crippen LogP contribution in [0.3, 0.4) is 0 Å². The van der Waals surface area contributed by atoms with Crippen molar-refractivity contribution >= 4 is 24.4 Å². The van der Waals surface area contributed by atoms with Crippen LogP contribution in [0.2, 0.25) is 5.04 Å². The van der Waals surface area contributed by atoms with E-state index in [9.17, 15) is 4.79 Å². The highest BCUT2D eigenvalue weighted by atomic mass is 28.3. The summed E-state index contributed by atoms with van der Waals surface area (Å²) in [6.07, 6.45) is 0. The number of hydrogen-bond acceptors (Lipinski definition) is 1. The normalized spacial score (nSPS) is 12.2. The van der Waals surface area contributed by atoms with Gasteiger partial charge < -0.3 is 4.79 Å². The highest BCUT2D eigenvalue weighted by molar-refractivity contribution is 7.20. The molecule has 0 spiro atoms. The zero-order chi connectivity index (χ0) is 13.9. The number of carbonyl (C=O) groups excluding carboxylic acids is 1. The van der Waals surface area contributed by atoms with Crippen molar-refractivity contribution in [2.24, 2.45) is 0 Å². The van der Waals surface area contributed by atoms with Crippen molar-refractivity contribution in [2.75, 3.05) is 0 Å². The number of rotatable bonds is 3. The van der Waals surface area contributed by atoms with Gasteiger partial charge in [0.2, 0.25) is 0 Å². The Morgan fingerprint density at radius 2 is 1.16 bits per heavy atom. The monoisotopic (exact) mass is 268 g/mol. The molecule has 0 aliphatic carbocycles. The molecular formula is C17H20OSi. The second-order valence-electron chi connectivity index (χ2n) is 5.91. The van der Waals surface area contributed by atoms with Gasteiger partial charge >= 0.3 is 0 Å². The van der Waals surface area contributed by atoms with Gasteiger partial charge in [-0.2, -0.15) is 0 Å². The molecule has 2 rings (SSSR count). The van der Waals surface area contributed by atoms with Crippen molar-refractivity contribution in [1.82, 2.24) is 0 Å². The summed E-state index contributed by atoms with van der Waals surface area (Å²) in [6.45, 7) is 6.52. The van der Waals surface area contributed by atoms with Crippen molar-refractivity contribution in [1.29, 1.82) is 0 Å². The Balaban J connectivity index is 2.74. The van der Waals surface area contributed by atoms with Gasteiger partial charge in [-0.05, 0) is 15.4 Å². The van der Waals surface area contributed by atoms with Crippen LogP contribution >= 0.6 is 0 Å². The topological polar surface area (TPSA) is 17.1 Å². The van der Waals surface area contributed by atoms with Gasteiger partial charge in [-0.15, -0.1) is 0 Å². The van der Waals surface area contributed by atoms with Crippen molar-refractivity contribution < 1.29 is 4.79 Å². The molecule has 98 valence electrons. The molecule has 1 nitrogen and oxygen atoms in total. The predicted octanol–water partition coefficient (Wildman–Crippen LogP) is 2.82. The molecule has 0 unspecified atom stereocenters. The summed E-state index contributed by atoms with van der Waals surface area (Å²) in [6, 6.07) is 20.5. The smallest absolute Gasteiger partial charge is 0.194 e. The third-order valence-corrected chi connectivity index (χ3v) is 9.03. The number of hydrogen-bond donors (Lipinski definition) is 0. The Hall–Kier alpha value is -1.67. The summed E-state index contributed by atoms with van der Waals surface area (Å²) in [4.78, 5) is 12.1. The Bertz CT molecular complexity index is 501. The fraction of sp³-hybridized carbons (Fsp3) is 0.235. The molecule has 0 fully saturated rings. The third-order valence-electron chi connectivity index (χ3n) is 3.82. The van der Waals surface area contributed by atoms with E-state index in [4.69, 9.17) is 0 Å². The van der Waals surface area contributed by atoms with E-state index in [2.05, 4.69) is 45.0 Å². The fourth-order valence-corrected chi connectivity index (χ4v) is 6.88. The first kappa shape index (κ1) is 13.8. The molecule has 2 heteroatoms. The summed E-state index contributed by atoms with van der Waals surface area (Å²) in [7, 11) is -2.40. The first-order chi connectivity index (χ1) is 9.02. The highest BCUT2D eigenvalue weighted by Crippen LogP contribution is 2.34. The Morgan fingerprint density at radius 1 is 0.789 bits per heavy atom. The molecule has 2 aromatic carbocycles. The van der Waals surface area contributed by atoms with Gasteiger partial charge in [-0.25, -0.2) is 0 Å². The van der Waals surface area contributed by atoms with Gasteiger partial charge in [0.25, 0.3) is 0 Å². The summed E-state index contributed by atoms with van der Waals surface area (Å²) in [5, 5.41) is 2.31. The van der Waals surface area contributed by atoms with E-state index in [-0.39, 0.29) is 5.04 Å². The van der Waals surface area contributed by atoms with Crippen LogP contribution in [0.5, 0.6) is 0 Å². The maximum absolute atomic E-state index is 12.1. The lowest BCUT2D eigenvalue weighted by Gasteiger charge is -2.39. The third kappa shape index (κ3) is 2.28. The molecule has 0 bridgehead atoms. The van der Waals surface area contributed by atoms with Crippen LogP contribution in [-0.2, 0) is 4.79 Å². The highest BCUT2D eigenvalue weighted by Gasteiger charge is 2.47. The molecule has 0 radical (unpaired) electrons. The van der Waals surface area contributed by atoms with Crippen molar-refractivity contribution in [3.8, 4) is 0 Å². The molecule has 0 N–H and O–H groups in total. The van der Waals surface area contributed by atoms with Crippen LogP contribution in [0.25, 0.3) is 0 Å². The molecule has 0 saturated carbocycles. The van der Waals surface area contributed by atoms with Crippen LogP contribution in [-0.4, -0.2) is 14.0 Å². The quantitative estimate of drug-likeness (QED) is 0.618. The minimum atomic E-state index is -2.40. The van der Waals surface area contributed by atoms with Crippen molar-refractivity contribution in [3.05, 3.63) is 60.7 Å². The van der Waals surface area contributed by atoms with Gasteiger partial charge in [0.05, 0.1) is 0 Å². The molecule has 0 aliphatic heterocycles. The standard InChI is InChI=1S/C17H20OSi/c1-17(2,3)19(14-18,15-10-6-4-7-11-15)16-12-8-5-9-13-16/h4-14H,1-3H3. The van der Waals surface area contributed by atoms with Gasteiger partial charge in [0.1, 0.15) is 5.91 Å². The molecule has 2 aromatic rings. The minimum absolute atomic E-state index is 0.0581. The average molecular weight is 268 g/mol. The molecule has 0 atom stereocenters. The van der Waals surface area contributed by atoms with E-state index in [1.54, 1.807) is 0 Å². The lowest BCUT2D eigenvalue weighted by molar-refractivity contribution is 0.564. The second kappa shape index (κ2) is 5.14. The van der Waals surface area contributed by atoms with Gasteiger partial charge in [0, 0.05) is 0 Å². The first-order valence-corrected chi connectivity index (χ1v) is 8.67. The van der Waals surface area contributed by atoms with Gasteiger partial charge in [-0.3, -0.25) is 0 Å². The van der Waals surface area contributed by atoms with Crippen molar-refractivity contribution in [3.63, 3.8) is 0 Å². The number of carbonyl (C=O) groups is 1. The van der Waals surface area contributed by atoms with E-state index >= 15 is 0 Å². The summed E-state index contributed by atoms with van der Waals surface area (Å²) < 4.78 is 0. The van der Waals surface area contributed by atoms with E-state index in [1.165, 1.54) is 16.3 Å². The Labute approximate surface area is 116 Å². The zero-order valence-corrected chi connectivity index (χ0v) is 12.8. The maximum atomic E-state index is 12.1. The van der Waals surface area contributed by atoms with Gasteiger partial charge in [-0.1, -0.05) is 81.4 Å². The first-order valence-electron chi connectivity index (χ1n) is 6.60. The van der Waals surface area contributed by atoms with E-state index in [0.717, 1.165) is 0 Å². The zero-order valence-electron chi connectivity index (χ0n) is 11.8. The number of benzene rings is 2. The molecule has 19 heavy (non-hydrogen) atoms. The Kier molecular flexibility index (Phi) is 3.72. The van der Waals surface area contributed by atoms with Crippen molar-refractivity contribution in [2.45, 2.75) is 25.8 Å². The molecule has 0 aromatic heterocycles. The lowest BCUT2D eigenvalue weighted by Crippen LogP contribution is -2.66. The van der Waals surface area contributed by atoms with Crippen LogP contribution in [0, 0.1) is 0 Å². The maximum Gasteiger partial charge on any atom is 0.194 e. The van der Waals surface area contributed by atoms with Crippen LogP contribution in [0.1, 0.15) is 20.8 Å². The SMILES string of the molecule is CC(C)(C)[Si](C=O)(c1ccccc1)c1ccccc1. The molecule has 0 saturated heterocycles. The van der Waals surface area contributed by atoms with E-state index in [1.807, 2.05) is 36.4 Å². The summed E-state index contributed by atoms with van der Waals surface area (Å²) in [5.74, 6) is 1.23. The van der Waals surface area contributed by atoms with E-state index in [0.29, 0.717) is 0 Å². The van der Waals surface area contributed by atoms with Crippen LogP contribution in [0.15, 0.2) is 60.7 Å². The average Bonchev–Trinajstić information content (AvgIpc) is 2.41. The predicted molar refractivity (Wildman–Crippen MR) is 84.4 cm³/mol. The fourth-order valence-electron chi connectivity index (χ4n) is 2.75. The van der Waals surface area contributed by atoms with Gasteiger partial charge in [0.15, 0.2) is 8.07 Å². The molecule has 0 heterocycles. The van der Waals surface area contributed by atoms with Crippen LogP contribution in [0.4, 0.5) is 0 Å². The van der Waals surface area contributed by atoms with Crippen LogP contribution < -0.4 is 10.4 Å². The second-order valence-corrected chi connectivity index (χ2v) is 10.4. The molecule has 0 amide bonds. The molecular weight excluding hydrogens is 248 g/mol. The largest absolute Gasteiger partial charge is 0.308 e. The molecule has 0 aliphatic rings. The lowest BCUT2D eigenvalue weighted by atomic mass is 10.2. The Morgan fingerprint density at radius 3 is 1.42 bits per heavy atom. The summed E-state index contributed by atoms with van der Waals surface area (Å²) in [5.41, 5.74) is 0. The summed E-state index contributed by atoms with van der Waals surface area (Å²) >= 11 is 0.